The maximum absolute atomic E-state index is 12.5. The fourth-order valence-electron chi connectivity index (χ4n) is 3.24. The lowest BCUT2D eigenvalue weighted by atomic mass is 10.1. The smallest absolute Gasteiger partial charge is 0.226 e. The number of amides is 1. The predicted octanol–water partition coefficient (Wildman–Crippen LogP) is 4.53. The third-order valence-corrected chi connectivity index (χ3v) is 4.47. The summed E-state index contributed by atoms with van der Waals surface area (Å²) < 4.78 is 2.10. The van der Waals surface area contributed by atoms with E-state index in [9.17, 15) is 4.79 Å². The number of nitrogens with one attached hydrogen (secondary N) is 1. The van der Waals surface area contributed by atoms with Crippen LogP contribution in [-0.2, 0) is 11.3 Å². The second-order valence-corrected chi connectivity index (χ2v) is 6.12. The molecule has 4 heteroatoms. The van der Waals surface area contributed by atoms with E-state index in [4.69, 9.17) is 0 Å². The Balaban J connectivity index is 1.51. The van der Waals surface area contributed by atoms with Crippen molar-refractivity contribution in [1.29, 1.82) is 0 Å². The molecule has 0 fully saturated rings. The minimum atomic E-state index is 0.00790. The minimum absolute atomic E-state index is 0.00790. The van der Waals surface area contributed by atoms with Crippen molar-refractivity contribution in [2.24, 2.45) is 0 Å². The molecular formula is C21H19N3O. The Morgan fingerprint density at radius 2 is 1.76 bits per heavy atom. The molecule has 4 nitrogen and oxygen atoms in total. The first-order valence-electron chi connectivity index (χ1n) is 8.42. The van der Waals surface area contributed by atoms with E-state index in [0.29, 0.717) is 13.0 Å². The van der Waals surface area contributed by atoms with Crippen LogP contribution in [0.2, 0.25) is 0 Å². The summed E-state index contributed by atoms with van der Waals surface area (Å²) in [4.78, 5) is 17.0. The molecule has 1 heterocycles. The summed E-state index contributed by atoms with van der Waals surface area (Å²) in [6.45, 7) is 2.59. The van der Waals surface area contributed by atoms with Crippen molar-refractivity contribution in [2.75, 3.05) is 5.32 Å². The number of carbonyl (C=O) groups excluding carboxylic acids is 1. The summed E-state index contributed by atoms with van der Waals surface area (Å²) in [5.74, 6) is 0.938. The molecule has 0 spiro atoms. The van der Waals surface area contributed by atoms with Crippen molar-refractivity contribution in [1.82, 2.24) is 9.55 Å². The summed E-state index contributed by atoms with van der Waals surface area (Å²) >= 11 is 0. The van der Waals surface area contributed by atoms with Crippen molar-refractivity contribution in [2.45, 2.75) is 19.9 Å². The van der Waals surface area contributed by atoms with E-state index in [1.54, 1.807) is 0 Å². The molecule has 4 aromatic rings. The van der Waals surface area contributed by atoms with Gasteiger partial charge in [0.05, 0.1) is 11.0 Å². The molecule has 25 heavy (non-hydrogen) atoms. The molecule has 0 aliphatic rings. The largest absolute Gasteiger partial charge is 0.328 e. The van der Waals surface area contributed by atoms with Crippen molar-refractivity contribution in [3.8, 4) is 0 Å². The van der Waals surface area contributed by atoms with Gasteiger partial charge >= 0.3 is 0 Å². The highest BCUT2D eigenvalue weighted by molar-refractivity contribution is 6.02. The Bertz CT molecular complexity index is 1060. The number of hydrogen-bond acceptors (Lipinski definition) is 2. The zero-order chi connectivity index (χ0) is 17.2. The molecule has 0 unspecified atom stereocenters. The molecule has 0 saturated carbocycles. The number of imidazole rings is 1. The van der Waals surface area contributed by atoms with E-state index < -0.39 is 0 Å². The summed E-state index contributed by atoms with van der Waals surface area (Å²) in [6, 6.07) is 22.0. The number of para-hydroxylation sites is 2. The van der Waals surface area contributed by atoms with E-state index in [-0.39, 0.29) is 5.91 Å². The van der Waals surface area contributed by atoms with E-state index in [1.807, 2.05) is 73.7 Å². The van der Waals surface area contributed by atoms with Gasteiger partial charge in [-0.15, -0.1) is 0 Å². The first-order valence-corrected chi connectivity index (χ1v) is 8.42. The first-order chi connectivity index (χ1) is 12.2. The molecule has 0 atom stereocenters. The SMILES string of the molecule is Cc1nc2ccccc2n1CCC(=O)Nc1cccc2ccccc12. The molecular weight excluding hydrogens is 310 g/mol. The Morgan fingerprint density at radius 3 is 2.68 bits per heavy atom. The van der Waals surface area contributed by atoms with Crippen LogP contribution in [0.3, 0.4) is 0 Å². The van der Waals surface area contributed by atoms with Gasteiger partial charge < -0.3 is 9.88 Å². The third kappa shape index (κ3) is 2.98. The lowest BCUT2D eigenvalue weighted by Gasteiger charge is -2.10. The first kappa shape index (κ1) is 15.4. The fraction of sp³-hybridized carbons (Fsp3) is 0.143. The minimum Gasteiger partial charge on any atom is -0.328 e. The fourth-order valence-corrected chi connectivity index (χ4v) is 3.24. The number of hydrogen-bond donors (Lipinski definition) is 1. The van der Waals surface area contributed by atoms with Crippen LogP contribution < -0.4 is 5.32 Å². The lowest BCUT2D eigenvalue weighted by molar-refractivity contribution is -0.116. The number of rotatable bonds is 4. The summed E-state index contributed by atoms with van der Waals surface area (Å²) in [5, 5.41) is 5.22. The Kier molecular flexibility index (Phi) is 3.94. The zero-order valence-corrected chi connectivity index (χ0v) is 14.1. The molecule has 3 aromatic carbocycles. The molecule has 0 aliphatic carbocycles. The molecule has 0 bridgehead atoms. The Morgan fingerprint density at radius 1 is 1.00 bits per heavy atom. The second-order valence-electron chi connectivity index (χ2n) is 6.12. The van der Waals surface area contributed by atoms with Crippen LogP contribution in [-0.4, -0.2) is 15.5 Å². The van der Waals surface area contributed by atoms with Crippen LogP contribution in [0.1, 0.15) is 12.2 Å². The van der Waals surface area contributed by atoms with Gasteiger partial charge in [0.25, 0.3) is 0 Å². The van der Waals surface area contributed by atoms with Crippen molar-refractivity contribution in [3.05, 3.63) is 72.6 Å². The number of carbonyl (C=O) groups is 1. The van der Waals surface area contributed by atoms with Crippen LogP contribution in [0.4, 0.5) is 5.69 Å². The molecule has 1 amide bonds. The highest BCUT2D eigenvalue weighted by Crippen LogP contribution is 2.23. The predicted molar refractivity (Wildman–Crippen MR) is 102 cm³/mol. The average Bonchev–Trinajstić information content (AvgIpc) is 2.95. The monoisotopic (exact) mass is 329 g/mol. The van der Waals surface area contributed by atoms with Crippen LogP contribution >= 0.6 is 0 Å². The summed E-state index contributed by atoms with van der Waals surface area (Å²) in [5.41, 5.74) is 2.89. The topological polar surface area (TPSA) is 46.9 Å². The van der Waals surface area contributed by atoms with Crippen molar-refractivity contribution >= 4 is 33.4 Å². The molecule has 0 saturated heterocycles. The number of fused-ring (bicyclic) bond motifs is 2. The van der Waals surface area contributed by atoms with E-state index in [0.717, 1.165) is 33.3 Å². The third-order valence-electron chi connectivity index (χ3n) is 4.47. The van der Waals surface area contributed by atoms with E-state index >= 15 is 0 Å². The van der Waals surface area contributed by atoms with Gasteiger partial charge in [-0.2, -0.15) is 0 Å². The van der Waals surface area contributed by atoms with Crippen molar-refractivity contribution < 1.29 is 4.79 Å². The number of benzene rings is 3. The quantitative estimate of drug-likeness (QED) is 0.598. The number of aromatic nitrogens is 2. The Hall–Kier alpha value is -3.14. The molecule has 124 valence electrons. The number of nitrogens with zero attached hydrogens (tertiary/aromatic N) is 2. The highest BCUT2D eigenvalue weighted by Gasteiger charge is 2.10. The second kappa shape index (κ2) is 6.40. The molecule has 1 aromatic heterocycles. The standard InChI is InChI=1S/C21H19N3O/c1-15-22-19-10-4-5-12-20(19)24(15)14-13-21(25)23-18-11-6-8-16-7-2-3-9-17(16)18/h2-12H,13-14H2,1H3,(H,23,25). The maximum atomic E-state index is 12.5. The van der Waals surface area contributed by atoms with Gasteiger partial charge in [-0.05, 0) is 30.5 Å². The van der Waals surface area contributed by atoms with Crippen molar-refractivity contribution in [3.63, 3.8) is 0 Å². The van der Waals surface area contributed by atoms with Gasteiger partial charge in [0, 0.05) is 24.0 Å². The van der Waals surface area contributed by atoms with E-state index in [1.165, 1.54) is 0 Å². The van der Waals surface area contributed by atoms with E-state index in [2.05, 4.69) is 14.9 Å². The maximum Gasteiger partial charge on any atom is 0.226 e. The Labute approximate surface area is 146 Å². The lowest BCUT2D eigenvalue weighted by Crippen LogP contribution is -2.15. The van der Waals surface area contributed by atoms with Gasteiger partial charge in [-0.3, -0.25) is 4.79 Å². The van der Waals surface area contributed by atoms with Gasteiger partial charge in [-0.25, -0.2) is 4.98 Å². The number of aryl methyl sites for hydroxylation is 2. The highest BCUT2D eigenvalue weighted by atomic mass is 16.1. The van der Waals surface area contributed by atoms with Crippen LogP contribution in [0.15, 0.2) is 66.7 Å². The molecule has 0 aliphatic heterocycles. The normalized spacial score (nSPS) is 11.1. The van der Waals surface area contributed by atoms with Gasteiger partial charge in [0.2, 0.25) is 5.91 Å². The summed E-state index contributed by atoms with van der Waals surface area (Å²) in [7, 11) is 0. The van der Waals surface area contributed by atoms with Gasteiger partial charge in [0.1, 0.15) is 5.82 Å². The number of anilines is 1. The van der Waals surface area contributed by atoms with Crippen LogP contribution in [0.5, 0.6) is 0 Å². The molecule has 4 rings (SSSR count). The molecule has 0 radical (unpaired) electrons. The van der Waals surface area contributed by atoms with Gasteiger partial charge in [0.15, 0.2) is 0 Å². The van der Waals surface area contributed by atoms with Crippen LogP contribution in [0, 0.1) is 6.92 Å². The zero-order valence-electron chi connectivity index (χ0n) is 14.1. The average molecular weight is 329 g/mol. The van der Waals surface area contributed by atoms with Gasteiger partial charge in [-0.1, -0.05) is 48.5 Å². The van der Waals surface area contributed by atoms with Crippen LogP contribution in [0.25, 0.3) is 21.8 Å². The molecule has 1 N–H and O–H groups in total. The summed E-state index contributed by atoms with van der Waals surface area (Å²) in [6.07, 6.45) is 0.407.